The zero-order valence-electron chi connectivity index (χ0n) is 10.1. The number of nitriles is 1. The summed E-state index contributed by atoms with van der Waals surface area (Å²) in [6.45, 7) is 8.13. The Balaban J connectivity index is 2.85. The van der Waals surface area contributed by atoms with Crippen molar-refractivity contribution in [1.82, 2.24) is 5.32 Å². The van der Waals surface area contributed by atoms with Crippen LogP contribution in [-0.2, 0) is 6.54 Å². The van der Waals surface area contributed by atoms with Crippen molar-refractivity contribution in [3.8, 4) is 6.07 Å². The van der Waals surface area contributed by atoms with E-state index in [1.54, 1.807) is 11.8 Å². The fourth-order valence-electron chi connectivity index (χ4n) is 1.40. The third-order valence-electron chi connectivity index (χ3n) is 2.11. The first-order valence-electron chi connectivity index (χ1n) is 5.57. The van der Waals surface area contributed by atoms with Crippen LogP contribution in [0.5, 0.6) is 0 Å². The lowest BCUT2D eigenvalue weighted by Crippen LogP contribution is -2.11. The van der Waals surface area contributed by atoms with E-state index >= 15 is 0 Å². The third-order valence-corrected chi connectivity index (χ3v) is 3.19. The van der Waals surface area contributed by atoms with Gasteiger partial charge in [-0.3, -0.25) is 0 Å². The minimum Gasteiger partial charge on any atom is -0.313 e. The van der Waals surface area contributed by atoms with Gasteiger partial charge in [-0.2, -0.15) is 5.26 Å². The number of benzene rings is 1. The van der Waals surface area contributed by atoms with E-state index in [1.807, 2.05) is 6.07 Å². The summed E-state index contributed by atoms with van der Waals surface area (Å²) in [6, 6.07) is 8.39. The van der Waals surface area contributed by atoms with Crippen LogP contribution in [0.1, 0.15) is 31.9 Å². The van der Waals surface area contributed by atoms with Gasteiger partial charge in [-0.05, 0) is 24.2 Å². The molecule has 0 saturated carbocycles. The minimum absolute atomic E-state index is 0.506. The van der Waals surface area contributed by atoms with E-state index in [0.29, 0.717) is 5.25 Å². The van der Waals surface area contributed by atoms with Gasteiger partial charge in [0.25, 0.3) is 0 Å². The van der Waals surface area contributed by atoms with Crippen molar-refractivity contribution in [3.63, 3.8) is 0 Å². The average Bonchev–Trinajstić information content (AvgIpc) is 2.27. The van der Waals surface area contributed by atoms with Crippen molar-refractivity contribution < 1.29 is 0 Å². The Morgan fingerprint density at radius 1 is 1.44 bits per heavy atom. The normalized spacial score (nSPS) is 10.4. The summed E-state index contributed by atoms with van der Waals surface area (Å²) in [5, 5.41) is 12.9. The zero-order valence-corrected chi connectivity index (χ0v) is 10.9. The Kier molecular flexibility index (Phi) is 5.37. The fourth-order valence-corrected chi connectivity index (χ4v) is 2.29. The maximum atomic E-state index is 9.10. The molecule has 0 atom stereocenters. The average molecular weight is 234 g/mol. The van der Waals surface area contributed by atoms with E-state index in [4.69, 9.17) is 5.26 Å². The van der Waals surface area contributed by atoms with Gasteiger partial charge in [0.15, 0.2) is 0 Å². The molecule has 0 bridgehead atoms. The minimum atomic E-state index is 0.506. The van der Waals surface area contributed by atoms with Gasteiger partial charge >= 0.3 is 0 Å². The number of rotatable bonds is 5. The number of nitrogens with one attached hydrogen (secondary N) is 1. The predicted molar refractivity (Wildman–Crippen MR) is 69.5 cm³/mol. The molecule has 86 valence electrons. The van der Waals surface area contributed by atoms with Crippen LogP contribution in [0.4, 0.5) is 0 Å². The first-order valence-corrected chi connectivity index (χ1v) is 6.45. The highest BCUT2D eigenvalue weighted by Crippen LogP contribution is 2.26. The van der Waals surface area contributed by atoms with Crippen LogP contribution >= 0.6 is 11.8 Å². The molecule has 1 N–H and O–H groups in total. The van der Waals surface area contributed by atoms with E-state index in [2.05, 4.69) is 44.3 Å². The number of hydrogen-bond donors (Lipinski definition) is 1. The van der Waals surface area contributed by atoms with Crippen LogP contribution in [-0.4, -0.2) is 11.8 Å². The lowest BCUT2D eigenvalue weighted by Gasteiger charge is -2.09. The molecule has 0 spiro atoms. The van der Waals surface area contributed by atoms with Crippen molar-refractivity contribution in [2.24, 2.45) is 0 Å². The van der Waals surface area contributed by atoms with Crippen LogP contribution in [0, 0.1) is 11.3 Å². The smallest absolute Gasteiger partial charge is 0.100 e. The Bertz CT molecular complexity index is 380. The van der Waals surface area contributed by atoms with E-state index < -0.39 is 0 Å². The standard InChI is InChI=1S/C13H18N2S/c1-4-15-9-11-5-6-13(16-10(2)3)12(7-11)8-14/h5-7,10,15H,4,9H2,1-3H3. The molecule has 0 radical (unpaired) electrons. The molecule has 1 aromatic rings. The summed E-state index contributed by atoms with van der Waals surface area (Å²) in [7, 11) is 0. The fraction of sp³-hybridized carbons (Fsp3) is 0.462. The highest BCUT2D eigenvalue weighted by molar-refractivity contribution is 8.00. The quantitative estimate of drug-likeness (QED) is 0.795. The third kappa shape index (κ3) is 3.88. The molecule has 3 heteroatoms. The summed E-state index contributed by atoms with van der Waals surface area (Å²) in [4.78, 5) is 1.08. The number of nitrogens with zero attached hydrogens (tertiary/aromatic N) is 1. The zero-order chi connectivity index (χ0) is 12.0. The number of hydrogen-bond acceptors (Lipinski definition) is 3. The second-order valence-electron chi connectivity index (χ2n) is 3.89. The molecular formula is C13H18N2S. The maximum Gasteiger partial charge on any atom is 0.100 e. The monoisotopic (exact) mass is 234 g/mol. The van der Waals surface area contributed by atoms with E-state index in [1.165, 1.54) is 5.56 Å². The first kappa shape index (κ1) is 13.1. The van der Waals surface area contributed by atoms with E-state index in [9.17, 15) is 0 Å². The molecule has 0 aliphatic carbocycles. The van der Waals surface area contributed by atoms with Crippen LogP contribution in [0.25, 0.3) is 0 Å². The van der Waals surface area contributed by atoms with Gasteiger partial charge in [0.2, 0.25) is 0 Å². The molecule has 0 aliphatic rings. The predicted octanol–water partition coefficient (Wildman–Crippen LogP) is 3.17. The Labute approximate surface area is 102 Å². The molecule has 1 rings (SSSR count). The summed E-state index contributed by atoms with van der Waals surface area (Å²) in [5.74, 6) is 0. The Morgan fingerprint density at radius 2 is 2.19 bits per heavy atom. The van der Waals surface area contributed by atoms with E-state index in [0.717, 1.165) is 23.5 Å². The van der Waals surface area contributed by atoms with Crippen molar-refractivity contribution in [1.29, 1.82) is 5.26 Å². The van der Waals surface area contributed by atoms with Crippen molar-refractivity contribution >= 4 is 11.8 Å². The van der Waals surface area contributed by atoms with Crippen LogP contribution in [0.3, 0.4) is 0 Å². The lowest BCUT2D eigenvalue weighted by atomic mass is 10.1. The van der Waals surface area contributed by atoms with Gasteiger partial charge in [0, 0.05) is 16.7 Å². The summed E-state index contributed by atoms with van der Waals surface area (Å²) in [5.41, 5.74) is 1.96. The molecule has 0 saturated heterocycles. The van der Waals surface area contributed by atoms with Crippen molar-refractivity contribution in [2.45, 2.75) is 37.5 Å². The molecule has 0 aliphatic heterocycles. The van der Waals surface area contributed by atoms with Crippen LogP contribution in [0.15, 0.2) is 23.1 Å². The Morgan fingerprint density at radius 3 is 2.75 bits per heavy atom. The van der Waals surface area contributed by atoms with Gasteiger partial charge in [-0.1, -0.05) is 26.8 Å². The maximum absolute atomic E-state index is 9.10. The van der Waals surface area contributed by atoms with Gasteiger partial charge in [-0.15, -0.1) is 11.8 Å². The summed E-state index contributed by atoms with van der Waals surface area (Å²) in [6.07, 6.45) is 0. The van der Waals surface area contributed by atoms with Crippen molar-refractivity contribution in [3.05, 3.63) is 29.3 Å². The number of thioether (sulfide) groups is 1. The molecule has 1 aromatic carbocycles. The van der Waals surface area contributed by atoms with Gasteiger partial charge in [0.1, 0.15) is 6.07 Å². The molecule has 2 nitrogen and oxygen atoms in total. The lowest BCUT2D eigenvalue weighted by molar-refractivity contribution is 0.726. The highest BCUT2D eigenvalue weighted by Gasteiger charge is 2.06. The van der Waals surface area contributed by atoms with Gasteiger partial charge in [0.05, 0.1) is 5.56 Å². The molecule has 0 amide bonds. The topological polar surface area (TPSA) is 35.8 Å². The molecule has 0 fully saturated rings. The molecule has 0 heterocycles. The molecule has 16 heavy (non-hydrogen) atoms. The van der Waals surface area contributed by atoms with E-state index in [-0.39, 0.29) is 0 Å². The van der Waals surface area contributed by atoms with Crippen molar-refractivity contribution in [2.75, 3.05) is 6.54 Å². The molecular weight excluding hydrogens is 216 g/mol. The van der Waals surface area contributed by atoms with Gasteiger partial charge in [-0.25, -0.2) is 0 Å². The van der Waals surface area contributed by atoms with Gasteiger partial charge < -0.3 is 5.32 Å². The Hall–Kier alpha value is -0.980. The highest BCUT2D eigenvalue weighted by atomic mass is 32.2. The van der Waals surface area contributed by atoms with Crippen LogP contribution < -0.4 is 5.32 Å². The summed E-state index contributed by atoms with van der Waals surface area (Å²) < 4.78 is 0. The summed E-state index contributed by atoms with van der Waals surface area (Å²) >= 11 is 1.74. The van der Waals surface area contributed by atoms with Crippen LogP contribution in [0.2, 0.25) is 0 Å². The SMILES string of the molecule is CCNCc1ccc(SC(C)C)c(C#N)c1. The second-order valence-corrected chi connectivity index (χ2v) is 5.51. The molecule has 0 aromatic heterocycles. The first-order chi connectivity index (χ1) is 7.67. The second kappa shape index (κ2) is 6.57. The molecule has 0 unspecified atom stereocenters. The largest absolute Gasteiger partial charge is 0.313 e.